The Balaban J connectivity index is 2.07. The lowest BCUT2D eigenvalue weighted by Gasteiger charge is -2.01. The Labute approximate surface area is 91.2 Å². The van der Waals surface area contributed by atoms with Crippen LogP contribution < -0.4 is 5.73 Å². The van der Waals surface area contributed by atoms with E-state index in [-0.39, 0.29) is 0 Å². The van der Waals surface area contributed by atoms with Crippen molar-refractivity contribution >= 4 is 17.3 Å². The van der Waals surface area contributed by atoms with E-state index in [4.69, 9.17) is 5.73 Å². The van der Waals surface area contributed by atoms with Gasteiger partial charge in [-0.3, -0.25) is 0 Å². The average molecular weight is 218 g/mol. The van der Waals surface area contributed by atoms with Gasteiger partial charge in [0.25, 0.3) is 0 Å². The second-order valence-electron chi connectivity index (χ2n) is 3.63. The van der Waals surface area contributed by atoms with Gasteiger partial charge in [0, 0.05) is 5.92 Å². The van der Waals surface area contributed by atoms with Crippen LogP contribution in [-0.4, -0.2) is 15.0 Å². The summed E-state index contributed by atoms with van der Waals surface area (Å²) in [5.74, 6) is 2.40. The van der Waals surface area contributed by atoms with Crippen LogP contribution >= 0.6 is 11.3 Å². The number of thiophene rings is 1. The van der Waals surface area contributed by atoms with E-state index in [0.717, 1.165) is 10.7 Å². The van der Waals surface area contributed by atoms with Crippen molar-refractivity contribution in [2.75, 3.05) is 5.73 Å². The zero-order chi connectivity index (χ0) is 10.3. The fourth-order valence-corrected chi connectivity index (χ4v) is 2.11. The molecule has 0 saturated heterocycles. The summed E-state index contributed by atoms with van der Waals surface area (Å²) >= 11 is 1.62. The molecule has 0 amide bonds. The van der Waals surface area contributed by atoms with Gasteiger partial charge in [0.05, 0.1) is 4.88 Å². The molecule has 0 aromatic carbocycles. The zero-order valence-electron chi connectivity index (χ0n) is 8.05. The van der Waals surface area contributed by atoms with Gasteiger partial charge in [-0.05, 0) is 24.3 Å². The first-order valence-electron chi connectivity index (χ1n) is 4.88. The molecule has 76 valence electrons. The summed E-state index contributed by atoms with van der Waals surface area (Å²) in [5.41, 5.74) is 5.67. The number of hydrogen-bond acceptors (Lipinski definition) is 5. The molecule has 5 heteroatoms. The van der Waals surface area contributed by atoms with Gasteiger partial charge in [0.15, 0.2) is 5.82 Å². The van der Waals surface area contributed by atoms with Gasteiger partial charge in [-0.25, -0.2) is 4.98 Å². The van der Waals surface area contributed by atoms with E-state index < -0.39 is 0 Å². The summed E-state index contributed by atoms with van der Waals surface area (Å²) in [4.78, 5) is 13.8. The molecular formula is C10H10N4S. The third-order valence-corrected chi connectivity index (χ3v) is 3.22. The van der Waals surface area contributed by atoms with Gasteiger partial charge >= 0.3 is 0 Å². The summed E-state index contributed by atoms with van der Waals surface area (Å²) in [6, 6.07) is 3.98. The Kier molecular flexibility index (Phi) is 1.92. The van der Waals surface area contributed by atoms with Crippen molar-refractivity contribution in [1.29, 1.82) is 0 Å². The summed E-state index contributed by atoms with van der Waals surface area (Å²) in [5, 5.41) is 2.01. The normalized spacial score (nSPS) is 15.5. The van der Waals surface area contributed by atoms with Crippen LogP contribution in [-0.2, 0) is 0 Å². The van der Waals surface area contributed by atoms with Crippen molar-refractivity contribution in [3.8, 4) is 10.7 Å². The molecule has 1 aliphatic carbocycles. The number of rotatable bonds is 2. The predicted molar refractivity (Wildman–Crippen MR) is 59.5 cm³/mol. The molecule has 0 unspecified atom stereocenters. The lowest BCUT2D eigenvalue weighted by Crippen LogP contribution is -2.03. The number of hydrogen-bond donors (Lipinski definition) is 1. The number of nitrogens with zero attached hydrogens (tertiary/aromatic N) is 3. The number of aromatic nitrogens is 3. The molecule has 1 aliphatic rings. The predicted octanol–water partition coefficient (Wildman–Crippen LogP) is 2.06. The number of nitrogens with two attached hydrogens (primary N) is 1. The van der Waals surface area contributed by atoms with Crippen LogP contribution in [0.3, 0.4) is 0 Å². The standard InChI is InChI=1S/C10H10N4S/c11-10-13-8(6-3-4-6)12-9(14-10)7-2-1-5-15-7/h1-2,5-6H,3-4H2,(H2,11,12,13,14). The summed E-state index contributed by atoms with van der Waals surface area (Å²) in [6.07, 6.45) is 2.35. The summed E-state index contributed by atoms with van der Waals surface area (Å²) < 4.78 is 0. The van der Waals surface area contributed by atoms with Crippen LogP contribution in [0.25, 0.3) is 10.7 Å². The van der Waals surface area contributed by atoms with Crippen molar-refractivity contribution in [1.82, 2.24) is 15.0 Å². The van der Waals surface area contributed by atoms with E-state index in [1.165, 1.54) is 12.8 Å². The summed E-state index contributed by atoms with van der Waals surface area (Å²) in [6.45, 7) is 0. The molecule has 2 aromatic heterocycles. The van der Waals surface area contributed by atoms with Gasteiger partial charge < -0.3 is 5.73 Å². The highest BCUT2D eigenvalue weighted by Crippen LogP contribution is 2.38. The molecular weight excluding hydrogens is 208 g/mol. The van der Waals surface area contributed by atoms with Crippen LogP contribution in [0.2, 0.25) is 0 Å². The van der Waals surface area contributed by atoms with Crippen LogP contribution in [0.4, 0.5) is 5.95 Å². The summed E-state index contributed by atoms with van der Waals surface area (Å²) in [7, 11) is 0. The van der Waals surface area contributed by atoms with Gasteiger partial charge in [0.2, 0.25) is 5.95 Å². The molecule has 0 radical (unpaired) electrons. The Morgan fingerprint density at radius 3 is 2.80 bits per heavy atom. The smallest absolute Gasteiger partial charge is 0.223 e. The average Bonchev–Trinajstić information content (AvgIpc) is 2.93. The van der Waals surface area contributed by atoms with E-state index in [2.05, 4.69) is 15.0 Å². The fourth-order valence-electron chi connectivity index (χ4n) is 1.45. The SMILES string of the molecule is Nc1nc(-c2cccs2)nc(C2CC2)n1. The van der Waals surface area contributed by atoms with Gasteiger partial charge in [0.1, 0.15) is 5.82 Å². The number of nitrogen functional groups attached to an aromatic ring is 1. The molecule has 0 aliphatic heterocycles. The Morgan fingerprint density at radius 2 is 2.13 bits per heavy atom. The first kappa shape index (κ1) is 8.79. The van der Waals surface area contributed by atoms with Crippen LogP contribution in [0.1, 0.15) is 24.6 Å². The molecule has 0 spiro atoms. The maximum atomic E-state index is 5.67. The van der Waals surface area contributed by atoms with Crippen molar-refractivity contribution in [3.05, 3.63) is 23.3 Å². The lowest BCUT2D eigenvalue weighted by molar-refractivity contribution is 0.904. The first-order chi connectivity index (χ1) is 7.33. The molecule has 0 atom stereocenters. The van der Waals surface area contributed by atoms with Crippen molar-refractivity contribution in [2.24, 2.45) is 0 Å². The van der Waals surface area contributed by atoms with Crippen LogP contribution in [0.5, 0.6) is 0 Å². The highest BCUT2D eigenvalue weighted by atomic mass is 32.1. The van der Waals surface area contributed by atoms with E-state index in [0.29, 0.717) is 17.7 Å². The van der Waals surface area contributed by atoms with E-state index in [1.807, 2.05) is 17.5 Å². The second kappa shape index (κ2) is 3.27. The topological polar surface area (TPSA) is 64.7 Å². The lowest BCUT2D eigenvalue weighted by atomic mass is 10.4. The fraction of sp³-hybridized carbons (Fsp3) is 0.300. The zero-order valence-corrected chi connectivity index (χ0v) is 8.87. The van der Waals surface area contributed by atoms with Gasteiger partial charge in [-0.15, -0.1) is 11.3 Å². The van der Waals surface area contributed by atoms with Crippen molar-refractivity contribution in [3.63, 3.8) is 0 Å². The largest absolute Gasteiger partial charge is 0.368 e. The van der Waals surface area contributed by atoms with Gasteiger partial charge in [-0.2, -0.15) is 9.97 Å². The van der Waals surface area contributed by atoms with Gasteiger partial charge in [-0.1, -0.05) is 6.07 Å². The molecule has 4 nitrogen and oxygen atoms in total. The minimum absolute atomic E-state index is 0.329. The van der Waals surface area contributed by atoms with Crippen LogP contribution in [0, 0.1) is 0 Å². The highest BCUT2D eigenvalue weighted by molar-refractivity contribution is 7.13. The molecule has 2 N–H and O–H groups in total. The molecule has 15 heavy (non-hydrogen) atoms. The minimum Gasteiger partial charge on any atom is -0.368 e. The van der Waals surface area contributed by atoms with E-state index >= 15 is 0 Å². The van der Waals surface area contributed by atoms with Crippen LogP contribution in [0.15, 0.2) is 17.5 Å². The quantitative estimate of drug-likeness (QED) is 0.838. The molecule has 1 saturated carbocycles. The Morgan fingerprint density at radius 1 is 1.27 bits per heavy atom. The van der Waals surface area contributed by atoms with Crippen molar-refractivity contribution in [2.45, 2.75) is 18.8 Å². The van der Waals surface area contributed by atoms with E-state index in [1.54, 1.807) is 11.3 Å². The Hall–Kier alpha value is -1.49. The monoisotopic (exact) mass is 218 g/mol. The Bertz CT molecular complexity index is 476. The maximum absolute atomic E-state index is 5.67. The molecule has 2 aromatic rings. The molecule has 2 heterocycles. The third kappa shape index (κ3) is 1.70. The third-order valence-electron chi connectivity index (χ3n) is 2.35. The van der Waals surface area contributed by atoms with E-state index in [9.17, 15) is 0 Å². The minimum atomic E-state index is 0.329. The number of anilines is 1. The van der Waals surface area contributed by atoms with Crippen molar-refractivity contribution < 1.29 is 0 Å². The molecule has 1 fully saturated rings. The second-order valence-corrected chi connectivity index (χ2v) is 4.57. The molecule has 0 bridgehead atoms. The molecule has 3 rings (SSSR count). The highest BCUT2D eigenvalue weighted by Gasteiger charge is 2.27. The first-order valence-corrected chi connectivity index (χ1v) is 5.76. The maximum Gasteiger partial charge on any atom is 0.223 e.